The molecule has 2 N–H and O–H groups in total. The van der Waals surface area contributed by atoms with Gasteiger partial charge in [-0.3, -0.25) is 20.4 Å². The van der Waals surface area contributed by atoms with E-state index >= 15 is 0 Å². The van der Waals surface area contributed by atoms with E-state index in [4.69, 9.17) is 9.15 Å². The lowest BCUT2D eigenvalue weighted by molar-refractivity contribution is -0.130. The Hall–Kier alpha value is -3.54. The minimum atomic E-state index is -0.431. The first-order chi connectivity index (χ1) is 13.6. The van der Waals surface area contributed by atoms with E-state index in [0.717, 1.165) is 16.9 Å². The minimum absolute atomic E-state index is 0.178. The van der Waals surface area contributed by atoms with Crippen molar-refractivity contribution in [2.24, 2.45) is 0 Å². The highest BCUT2D eigenvalue weighted by atomic mass is 16.5. The topological polar surface area (TPSA) is 80.6 Å². The molecule has 1 aromatic heterocycles. The highest BCUT2D eigenvalue weighted by molar-refractivity contribution is 5.82. The molecule has 1 heterocycles. The van der Waals surface area contributed by atoms with Crippen LogP contribution in [0.1, 0.15) is 17.7 Å². The molecule has 6 heteroatoms. The molecule has 0 aliphatic heterocycles. The summed E-state index contributed by atoms with van der Waals surface area (Å²) in [6, 6.07) is 20.9. The molecule has 3 rings (SSSR count). The summed E-state index contributed by atoms with van der Waals surface area (Å²) in [7, 11) is 0. The molecule has 3 aromatic rings. The molecule has 0 bridgehead atoms. The molecule has 0 atom stereocenters. The van der Waals surface area contributed by atoms with Crippen molar-refractivity contribution >= 4 is 11.8 Å². The lowest BCUT2D eigenvalue weighted by atomic mass is 10.2. The zero-order valence-corrected chi connectivity index (χ0v) is 15.6. The van der Waals surface area contributed by atoms with Crippen molar-refractivity contribution in [2.75, 3.05) is 6.61 Å². The van der Waals surface area contributed by atoms with Gasteiger partial charge in [-0.05, 0) is 36.8 Å². The number of furan rings is 1. The lowest BCUT2D eigenvalue weighted by Gasteiger charge is -2.09. The summed E-state index contributed by atoms with van der Waals surface area (Å²) < 4.78 is 11.1. The standard InChI is InChI=1S/C22H22N2O4/c1-16-6-5-9-19(14-16)27-15-22(26)24-23-21(25)13-11-18-10-12-20(28-18)17-7-3-2-4-8-17/h2-10,12,14H,11,13,15H2,1H3,(H,23,25)(H,24,26). The summed E-state index contributed by atoms with van der Waals surface area (Å²) in [6.07, 6.45) is 0.634. The normalized spacial score (nSPS) is 10.3. The van der Waals surface area contributed by atoms with Gasteiger partial charge in [0, 0.05) is 18.4 Å². The number of rotatable bonds is 7. The van der Waals surface area contributed by atoms with Crippen LogP contribution in [0, 0.1) is 6.92 Å². The van der Waals surface area contributed by atoms with Crippen molar-refractivity contribution in [1.29, 1.82) is 0 Å². The van der Waals surface area contributed by atoms with Crippen molar-refractivity contribution in [1.82, 2.24) is 10.9 Å². The smallest absolute Gasteiger partial charge is 0.276 e. The average Bonchev–Trinajstić information content (AvgIpc) is 3.19. The monoisotopic (exact) mass is 378 g/mol. The van der Waals surface area contributed by atoms with E-state index in [9.17, 15) is 9.59 Å². The van der Waals surface area contributed by atoms with Crippen LogP contribution in [0.5, 0.6) is 5.75 Å². The van der Waals surface area contributed by atoms with Gasteiger partial charge in [0.05, 0.1) is 0 Å². The Kier molecular flexibility index (Phi) is 6.46. The van der Waals surface area contributed by atoms with Crippen LogP contribution in [0.25, 0.3) is 11.3 Å². The summed E-state index contributed by atoms with van der Waals surface area (Å²) in [6.45, 7) is 1.76. The Morgan fingerprint density at radius 3 is 2.50 bits per heavy atom. The molecule has 28 heavy (non-hydrogen) atoms. The Bertz CT molecular complexity index is 934. The van der Waals surface area contributed by atoms with Crippen LogP contribution in [-0.4, -0.2) is 18.4 Å². The fourth-order valence-corrected chi connectivity index (χ4v) is 2.60. The van der Waals surface area contributed by atoms with E-state index < -0.39 is 5.91 Å². The number of hydrogen-bond donors (Lipinski definition) is 2. The van der Waals surface area contributed by atoms with Gasteiger partial charge < -0.3 is 9.15 Å². The average molecular weight is 378 g/mol. The van der Waals surface area contributed by atoms with E-state index in [2.05, 4.69) is 10.9 Å². The number of carbonyl (C=O) groups is 2. The van der Waals surface area contributed by atoms with Gasteiger partial charge in [-0.25, -0.2) is 0 Å². The highest BCUT2D eigenvalue weighted by Crippen LogP contribution is 2.22. The zero-order chi connectivity index (χ0) is 19.8. The van der Waals surface area contributed by atoms with Gasteiger partial charge in [0.15, 0.2) is 6.61 Å². The third-order valence-electron chi connectivity index (χ3n) is 4.02. The van der Waals surface area contributed by atoms with E-state index in [1.54, 1.807) is 6.07 Å². The van der Waals surface area contributed by atoms with Crippen molar-refractivity contribution in [3.05, 3.63) is 78.1 Å². The molecule has 0 radical (unpaired) electrons. The van der Waals surface area contributed by atoms with Crippen molar-refractivity contribution in [2.45, 2.75) is 19.8 Å². The molecule has 0 saturated heterocycles. The molecular weight excluding hydrogens is 356 g/mol. The quantitative estimate of drug-likeness (QED) is 0.618. The maximum Gasteiger partial charge on any atom is 0.276 e. The van der Waals surface area contributed by atoms with Gasteiger partial charge in [0.2, 0.25) is 5.91 Å². The van der Waals surface area contributed by atoms with Gasteiger partial charge in [0.1, 0.15) is 17.3 Å². The van der Waals surface area contributed by atoms with Crippen LogP contribution in [-0.2, 0) is 16.0 Å². The highest BCUT2D eigenvalue weighted by Gasteiger charge is 2.09. The minimum Gasteiger partial charge on any atom is -0.484 e. The summed E-state index contributed by atoms with van der Waals surface area (Å²) in [5.41, 5.74) is 6.75. The Morgan fingerprint density at radius 2 is 1.71 bits per heavy atom. The van der Waals surface area contributed by atoms with E-state index in [-0.39, 0.29) is 18.9 Å². The van der Waals surface area contributed by atoms with Gasteiger partial charge >= 0.3 is 0 Å². The fourth-order valence-electron chi connectivity index (χ4n) is 2.60. The van der Waals surface area contributed by atoms with Crippen molar-refractivity contribution < 1.29 is 18.7 Å². The summed E-state index contributed by atoms with van der Waals surface area (Å²) in [4.78, 5) is 23.7. The van der Waals surface area contributed by atoms with Crippen LogP contribution in [0.15, 0.2) is 71.1 Å². The second-order valence-corrected chi connectivity index (χ2v) is 6.33. The van der Waals surface area contributed by atoms with Crippen LogP contribution in [0.3, 0.4) is 0 Å². The number of nitrogens with one attached hydrogen (secondary N) is 2. The first kappa shape index (κ1) is 19.2. The number of amides is 2. The molecule has 2 aromatic carbocycles. The number of carbonyl (C=O) groups excluding carboxylic acids is 2. The predicted octanol–water partition coefficient (Wildman–Crippen LogP) is 3.41. The van der Waals surface area contributed by atoms with Gasteiger partial charge in [0.25, 0.3) is 5.91 Å². The van der Waals surface area contributed by atoms with E-state index in [1.807, 2.05) is 67.6 Å². The molecule has 6 nitrogen and oxygen atoms in total. The Labute approximate surface area is 163 Å². The summed E-state index contributed by atoms with van der Waals surface area (Å²) in [5.74, 6) is 1.34. The molecule has 2 amide bonds. The summed E-state index contributed by atoms with van der Waals surface area (Å²) in [5, 5.41) is 0. The lowest BCUT2D eigenvalue weighted by Crippen LogP contribution is -2.43. The number of aryl methyl sites for hydroxylation is 2. The molecule has 0 aliphatic rings. The number of benzene rings is 2. The SMILES string of the molecule is Cc1cccc(OCC(=O)NNC(=O)CCc2ccc(-c3ccccc3)o2)c1. The molecule has 0 fully saturated rings. The van der Waals surface area contributed by atoms with Gasteiger partial charge in [-0.1, -0.05) is 42.5 Å². The largest absolute Gasteiger partial charge is 0.484 e. The maximum absolute atomic E-state index is 11.9. The molecule has 144 valence electrons. The van der Waals surface area contributed by atoms with Crippen molar-refractivity contribution in [3.63, 3.8) is 0 Å². The molecule has 0 spiro atoms. The third kappa shape index (κ3) is 5.74. The zero-order valence-electron chi connectivity index (χ0n) is 15.6. The van der Waals surface area contributed by atoms with Crippen LogP contribution in [0.4, 0.5) is 0 Å². The second kappa shape index (κ2) is 9.41. The Morgan fingerprint density at radius 1 is 0.929 bits per heavy atom. The van der Waals surface area contributed by atoms with Crippen LogP contribution >= 0.6 is 0 Å². The summed E-state index contributed by atoms with van der Waals surface area (Å²) >= 11 is 0. The molecule has 0 aliphatic carbocycles. The van der Waals surface area contributed by atoms with Crippen molar-refractivity contribution in [3.8, 4) is 17.1 Å². The predicted molar refractivity (Wildman–Crippen MR) is 105 cm³/mol. The second-order valence-electron chi connectivity index (χ2n) is 6.33. The molecular formula is C22H22N2O4. The number of hydrogen-bond acceptors (Lipinski definition) is 4. The number of ether oxygens (including phenoxy) is 1. The number of hydrazine groups is 1. The molecule has 0 unspecified atom stereocenters. The first-order valence-corrected chi connectivity index (χ1v) is 9.01. The van der Waals surface area contributed by atoms with Crippen LogP contribution in [0.2, 0.25) is 0 Å². The Balaban J connectivity index is 1.37. The maximum atomic E-state index is 11.9. The first-order valence-electron chi connectivity index (χ1n) is 9.01. The van der Waals surface area contributed by atoms with Crippen LogP contribution < -0.4 is 15.6 Å². The fraction of sp³-hybridized carbons (Fsp3) is 0.182. The van der Waals surface area contributed by atoms with E-state index in [0.29, 0.717) is 17.9 Å². The molecule has 0 saturated carbocycles. The van der Waals surface area contributed by atoms with Gasteiger partial charge in [-0.15, -0.1) is 0 Å². The van der Waals surface area contributed by atoms with E-state index in [1.165, 1.54) is 0 Å². The third-order valence-corrected chi connectivity index (χ3v) is 4.02. The van der Waals surface area contributed by atoms with Gasteiger partial charge in [-0.2, -0.15) is 0 Å².